The van der Waals surface area contributed by atoms with Crippen molar-refractivity contribution in [1.29, 1.82) is 0 Å². The Morgan fingerprint density at radius 3 is 2.52 bits per heavy atom. The molecular formula is C18H22N2O. The molecule has 0 saturated carbocycles. The van der Waals surface area contributed by atoms with E-state index in [1.54, 1.807) is 0 Å². The zero-order valence-corrected chi connectivity index (χ0v) is 12.3. The molecule has 1 atom stereocenters. The molecule has 0 aromatic heterocycles. The lowest BCUT2D eigenvalue weighted by molar-refractivity contribution is -0.134. The lowest BCUT2D eigenvalue weighted by Gasteiger charge is -2.22. The molecule has 1 aliphatic rings. The first-order chi connectivity index (χ1) is 10.3. The first kappa shape index (κ1) is 14.1. The number of fused-ring (bicyclic) bond motifs is 1. The van der Waals surface area contributed by atoms with Gasteiger partial charge >= 0.3 is 0 Å². The van der Waals surface area contributed by atoms with Gasteiger partial charge in [-0.1, -0.05) is 42.5 Å². The van der Waals surface area contributed by atoms with E-state index in [4.69, 9.17) is 5.73 Å². The summed E-state index contributed by atoms with van der Waals surface area (Å²) in [6.45, 7) is 2.21. The summed E-state index contributed by atoms with van der Waals surface area (Å²) in [5, 5.41) is 2.45. The van der Waals surface area contributed by atoms with Crippen LogP contribution in [0.25, 0.3) is 10.8 Å². The van der Waals surface area contributed by atoms with Crippen LogP contribution in [0.15, 0.2) is 42.5 Å². The van der Waals surface area contributed by atoms with Gasteiger partial charge < -0.3 is 10.6 Å². The third kappa shape index (κ3) is 3.08. The molecule has 21 heavy (non-hydrogen) atoms. The molecule has 0 radical (unpaired) electrons. The molecule has 1 amide bonds. The summed E-state index contributed by atoms with van der Waals surface area (Å²) < 4.78 is 0. The van der Waals surface area contributed by atoms with Crippen LogP contribution in [-0.4, -0.2) is 30.4 Å². The van der Waals surface area contributed by atoms with Gasteiger partial charge in [-0.25, -0.2) is 0 Å². The number of hydrogen-bond acceptors (Lipinski definition) is 2. The van der Waals surface area contributed by atoms with Gasteiger partial charge in [0.1, 0.15) is 0 Å². The fourth-order valence-corrected chi connectivity index (χ4v) is 3.12. The van der Waals surface area contributed by atoms with Crippen LogP contribution >= 0.6 is 0 Å². The van der Waals surface area contributed by atoms with E-state index in [1.807, 2.05) is 17.0 Å². The Morgan fingerprint density at radius 2 is 1.81 bits per heavy atom. The molecule has 3 heteroatoms. The van der Waals surface area contributed by atoms with E-state index >= 15 is 0 Å². The molecule has 0 aliphatic carbocycles. The lowest BCUT2D eigenvalue weighted by Crippen LogP contribution is -2.38. The summed E-state index contributed by atoms with van der Waals surface area (Å²) in [6.07, 6.45) is 2.98. The van der Waals surface area contributed by atoms with Crippen molar-refractivity contribution in [3.63, 3.8) is 0 Å². The highest BCUT2D eigenvalue weighted by atomic mass is 16.2. The maximum absolute atomic E-state index is 12.5. The number of carbonyl (C=O) groups is 1. The zero-order valence-electron chi connectivity index (χ0n) is 12.3. The van der Waals surface area contributed by atoms with Gasteiger partial charge in [0.25, 0.3) is 0 Å². The number of benzene rings is 2. The zero-order chi connectivity index (χ0) is 14.7. The number of rotatable bonds is 4. The fraction of sp³-hybridized carbons (Fsp3) is 0.389. The summed E-state index contributed by atoms with van der Waals surface area (Å²) in [6, 6.07) is 14.7. The minimum Gasteiger partial charge on any atom is -0.342 e. The maximum Gasteiger partial charge on any atom is 0.227 e. The number of amides is 1. The van der Waals surface area contributed by atoms with Gasteiger partial charge in [0.15, 0.2) is 0 Å². The molecule has 1 unspecified atom stereocenters. The van der Waals surface area contributed by atoms with Crippen molar-refractivity contribution in [2.45, 2.75) is 19.3 Å². The van der Waals surface area contributed by atoms with Crippen LogP contribution in [0.4, 0.5) is 0 Å². The van der Waals surface area contributed by atoms with E-state index in [0.717, 1.165) is 32.4 Å². The van der Waals surface area contributed by atoms with Crippen molar-refractivity contribution in [3.05, 3.63) is 48.0 Å². The number of nitrogens with two attached hydrogens (primary N) is 1. The van der Waals surface area contributed by atoms with E-state index in [0.29, 0.717) is 6.54 Å². The number of likely N-dealkylation sites (tertiary alicyclic amines) is 1. The average Bonchev–Trinajstić information content (AvgIpc) is 3.06. The second kappa shape index (κ2) is 6.27. The SMILES string of the molecule is NCC(Cc1ccc2ccccc2c1)C(=O)N1CCCC1. The molecule has 0 bridgehead atoms. The summed E-state index contributed by atoms with van der Waals surface area (Å²) in [5.74, 6) is 0.132. The summed E-state index contributed by atoms with van der Waals surface area (Å²) >= 11 is 0. The molecule has 2 aromatic carbocycles. The highest BCUT2D eigenvalue weighted by molar-refractivity contribution is 5.83. The van der Waals surface area contributed by atoms with Gasteiger partial charge in [0, 0.05) is 19.6 Å². The molecule has 1 saturated heterocycles. The molecule has 110 valence electrons. The van der Waals surface area contributed by atoms with Crippen LogP contribution in [-0.2, 0) is 11.2 Å². The van der Waals surface area contributed by atoms with Gasteiger partial charge in [-0.3, -0.25) is 4.79 Å². The third-order valence-electron chi connectivity index (χ3n) is 4.35. The molecule has 2 N–H and O–H groups in total. The summed E-state index contributed by atoms with van der Waals surface area (Å²) in [4.78, 5) is 14.5. The molecule has 3 nitrogen and oxygen atoms in total. The van der Waals surface area contributed by atoms with Crippen molar-refractivity contribution < 1.29 is 4.79 Å². The number of nitrogens with zero attached hydrogens (tertiary/aromatic N) is 1. The lowest BCUT2D eigenvalue weighted by atomic mass is 9.96. The van der Waals surface area contributed by atoms with E-state index < -0.39 is 0 Å². The van der Waals surface area contributed by atoms with Gasteiger partial charge in [0.05, 0.1) is 5.92 Å². The monoisotopic (exact) mass is 282 g/mol. The Balaban J connectivity index is 1.76. The van der Waals surface area contributed by atoms with Crippen LogP contribution in [0.2, 0.25) is 0 Å². The maximum atomic E-state index is 12.5. The largest absolute Gasteiger partial charge is 0.342 e. The van der Waals surface area contributed by atoms with Crippen LogP contribution in [0.1, 0.15) is 18.4 Å². The van der Waals surface area contributed by atoms with Gasteiger partial charge in [-0.05, 0) is 35.6 Å². The highest BCUT2D eigenvalue weighted by Crippen LogP contribution is 2.20. The standard InChI is InChI=1S/C18H22N2O/c19-13-17(18(21)20-9-3-4-10-20)12-14-7-8-15-5-1-2-6-16(15)11-14/h1-2,5-8,11,17H,3-4,9-10,12-13,19H2. The predicted molar refractivity (Wildman–Crippen MR) is 86.0 cm³/mol. The molecule has 0 spiro atoms. The number of hydrogen-bond donors (Lipinski definition) is 1. The fourth-order valence-electron chi connectivity index (χ4n) is 3.12. The molecule has 1 aliphatic heterocycles. The van der Waals surface area contributed by atoms with Gasteiger partial charge in [-0.2, -0.15) is 0 Å². The minimum absolute atomic E-state index is 0.0933. The first-order valence-corrected chi connectivity index (χ1v) is 7.74. The van der Waals surface area contributed by atoms with Crippen molar-refractivity contribution in [2.75, 3.05) is 19.6 Å². The van der Waals surface area contributed by atoms with Crippen molar-refractivity contribution in [2.24, 2.45) is 11.7 Å². The highest BCUT2D eigenvalue weighted by Gasteiger charge is 2.25. The third-order valence-corrected chi connectivity index (χ3v) is 4.35. The van der Waals surface area contributed by atoms with Crippen LogP contribution in [0.5, 0.6) is 0 Å². The second-order valence-corrected chi connectivity index (χ2v) is 5.85. The van der Waals surface area contributed by atoms with Gasteiger partial charge in [-0.15, -0.1) is 0 Å². The smallest absolute Gasteiger partial charge is 0.227 e. The Labute approximate surface area is 125 Å². The molecule has 1 fully saturated rings. The van der Waals surface area contributed by atoms with E-state index in [1.165, 1.54) is 16.3 Å². The Morgan fingerprint density at radius 1 is 1.10 bits per heavy atom. The van der Waals surface area contributed by atoms with Gasteiger partial charge in [0.2, 0.25) is 5.91 Å². The predicted octanol–water partition coefficient (Wildman–Crippen LogP) is 2.58. The Kier molecular flexibility index (Phi) is 4.20. The van der Waals surface area contributed by atoms with Crippen molar-refractivity contribution in [3.8, 4) is 0 Å². The number of carbonyl (C=O) groups excluding carboxylic acids is 1. The van der Waals surface area contributed by atoms with E-state index in [2.05, 4.69) is 30.3 Å². The van der Waals surface area contributed by atoms with Crippen molar-refractivity contribution >= 4 is 16.7 Å². The quantitative estimate of drug-likeness (QED) is 0.937. The molecule has 3 rings (SSSR count). The molecule has 2 aromatic rings. The Hall–Kier alpha value is -1.87. The van der Waals surface area contributed by atoms with E-state index in [9.17, 15) is 4.79 Å². The van der Waals surface area contributed by atoms with Crippen LogP contribution in [0.3, 0.4) is 0 Å². The Bertz CT molecular complexity index is 632. The summed E-state index contributed by atoms with van der Waals surface area (Å²) in [7, 11) is 0. The van der Waals surface area contributed by atoms with Crippen LogP contribution in [0, 0.1) is 5.92 Å². The van der Waals surface area contributed by atoms with Crippen molar-refractivity contribution in [1.82, 2.24) is 4.90 Å². The second-order valence-electron chi connectivity index (χ2n) is 5.85. The molecular weight excluding hydrogens is 260 g/mol. The molecule has 1 heterocycles. The topological polar surface area (TPSA) is 46.3 Å². The minimum atomic E-state index is -0.0933. The normalized spacial score (nSPS) is 16.3. The first-order valence-electron chi connectivity index (χ1n) is 7.74. The van der Waals surface area contributed by atoms with Crippen LogP contribution < -0.4 is 5.73 Å². The summed E-state index contributed by atoms with van der Waals surface area (Å²) in [5.41, 5.74) is 7.05. The van der Waals surface area contributed by atoms with E-state index in [-0.39, 0.29) is 11.8 Å². The average molecular weight is 282 g/mol.